The summed E-state index contributed by atoms with van der Waals surface area (Å²) in [4.78, 5) is 19.0. The Morgan fingerprint density at radius 3 is 2.75 bits per heavy atom. The van der Waals surface area contributed by atoms with Gasteiger partial charge in [-0.25, -0.2) is 9.97 Å². The van der Waals surface area contributed by atoms with Crippen LogP contribution in [0.4, 0.5) is 19.0 Å². The molecule has 7 nitrogen and oxygen atoms in total. The van der Waals surface area contributed by atoms with E-state index in [1.807, 2.05) is 0 Å². The van der Waals surface area contributed by atoms with Gasteiger partial charge in [0.15, 0.2) is 0 Å². The predicted octanol–water partition coefficient (Wildman–Crippen LogP) is 1.96. The molecule has 0 fully saturated rings. The third kappa shape index (κ3) is 5.37. The summed E-state index contributed by atoms with van der Waals surface area (Å²) in [7, 11) is 0. The smallest absolute Gasteiger partial charge is 0.367 e. The maximum absolute atomic E-state index is 12.5. The standard InChI is InChI=1S/C13H14ClF3N6O/c14-10-5-9(13(15,16)17)6-21-12(10)20-3-2-19-11(24)1-4-23-8-18-7-22-23/h5-8H,1-4H2,(H,19,24)(H,20,21). The molecule has 0 bridgehead atoms. The summed E-state index contributed by atoms with van der Waals surface area (Å²) in [6, 6.07) is 0.799. The molecule has 0 aliphatic heterocycles. The number of hydrogen-bond acceptors (Lipinski definition) is 5. The first-order valence-corrected chi connectivity index (χ1v) is 7.30. The summed E-state index contributed by atoms with van der Waals surface area (Å²) in [5.74, 6) is -0.0553. The highest BCUT2D eigenvalue weighted by atomic mass is 35.5. The fourth-order valence-electron chi connectivity index (χ4n) is 1.76. The average Bonchev–Trinajstić information content (AvgIpc) is 3.03. The van der Waals surface area contributed by atoms with Crippen LogP contribution in [0.25, 0.3) is 0 Å². The number of aryl methyl sites for hydroxylation is 1. The van der Waals surface area contributed by atoms with Crippen LogP contribution in [0.3, 0.4) is 0 Å². The Bertz CT molecular complexity index is 677. The number of aromatic nitrogens is 4. The predicted molar refractivity (Wildman–Crippen MR) is 80.4 cm³/mol. The average molecular weight is 363 g/mol. The lowest BCUT2D eigenvalue weighted by Gasteiger charge is -2.11. The number of pyridine rings is 1. The van der Waals surface area contributed by atoms with Gasteiger partial charge in [-0.1, -0.05) is 11.6 Å². The van der Waals surface area contributed by atoms with Crippen molar-refractivity contribution < 1.29 is 18.0 Å². The summed E-state index contributed by atoms with van der Waals surface area (Å²) in [6.07, 6.45) is -0.670. The Morgan fingerprint density at radius 2 is 2.12 bits per heavy atom. The molecule has 0 unspecified atom stereocenters. The molecular weight excluding hydrogens is 349 g/mol. The first kappa shape index (κ1) is 18.0. The number of hydrogen-bond donors (Lipinski definition) is 2. The molecule has 0 radical (unpaired) electrons. The van der Waals surface area contributed by atoms with Gasteiger partial charge >= 0.3 is 6.18 Å². The lowest BCUT2D eigenvalue weighted by molar-refractivity contribution is -0.137. The van der Waals surface area contributed by atoms with Crippen molar-refractivity contribution in [2.45, 2.75) is 19.1 Å². The first-order chi connectivity index (χ1) is 11.4. The number of carbonyl (C=O) groups excluding carboxylic acids is 1. The zero-order chi connectivity index (χ0) is 17.6. The summed E-state index contributed by atoms with van der Waals surface area (Å²) in [6.45, 7) is 0.952. The molecule has 2 aromatic rings. The Balaban J connectivity index is 1.71. The highest BCUT2D eigenvalue weighted by Gasteiger charge is 2.31. The number of carbonyl (C=O) groups is 1. The van der Waals surface area contributed by atoms with Crippen molar-refractivity contribution in [2.75, 3.05) is 18.4 Å². The second-order valence-electron chi connectivity index (χ2n) is 4.74. The van der Waals surface area contributed by atoms with Crippen LogP contribution < -0.4 is 10.6 Å². The molecule has 2 rings (SSSR count). The van der Waals surface area contributed by atoms with Crippen LogP contribution >= 0.6 is 11.6 Å². The van der Waals surface area contributed by atoms with E-state index in [4.69, 9.17) is 11.6 Å². The molecular formula is C13H14ClF3N6O. The second kappa shape index (κ2) is 7.95. The van der Waals surface area contributed by atoms with Crippen LogP contribution in [0, 0.1) is 0 Å². The molecule has 0 aliphatic rings. The number of rotatable bonds is 7. The zero-order valence-corrected chi connectivity index (χ0v) is 13.1. The van der Waals surface area contributed by atoms with E-state index in [9.17, 15) is 18.0 Å². The van der Waals surface area contributed by atoms with Crippen LogP contribution in [0.1, 0.15) is 12.0 Å². The van der Waals surface area contributed by atoms with Gasteiger partial charge in [0.25, 0.3) is 0 Å². The topological polar surface area (TPSA) is 84.7 Å². The van der Waals surface area contributed by atoms with Crippen LogP contribution in [-0.2, 0) is 17.5 Å². The molecule has 2 heterocycles. The number of amides is 1. The molecule has 1 amide bonds. The van der Waals surface area contributed by atoms with Crippen molar-refractivity contribution in [2.24, 2.45) is 0 Å². The minimum atomic E-state index is -4.49. The van der Waals surface area contributed by atoms with Crippen molar-refractivity contribution in [1.82, 2.24) is 25.1 Å². The SMILES string of the molecule is O=C(CCn1cncn1)NCCNc1ncc(C(F)(F)F)cc1Cl. The van der Waals surface area contributed by atoms with E-state index in [2.05, 4.69) is 25.7 Å². The number of nitrogens with zero attached hydrogens (tertiary/aromatic N) is 4. The molecule has 24 heavy (non-hydrogen) atoms. The maximum atomic E-state index is 12.5. The summed E-state index contributed by atoms with van der Waals surface area (Å²) in [5, 5.41) is 9.15. The van der Waals surface area contributed by atoms with Crippen LogP contribution in [0.15, 0.2) is 24.9 Å². The lowest BCUT2D eigenvalue weighted by atomic mass is 10.3. The van der Waals surface area contributed by atoms with E-state index in [0.717, 1.165) is 6.07 Å². The minimum Gasteiger partial charge on any atom is -0.367 e. The third-order valence-corrected chi connectivity index (χ3v) is 3.23. The van der Waals surface area contributed by atoms with Crippen LogP contribution in [0.2, 0.25) is 5.02 Å². The lowest BCUT2D eigenvalue weighted by Crippen LogP contribution is -2.29. The van der Waals surface area contributed by atoms with Crippen molar-refractivity contribution >= 4 is 23.3 Å². The highest BCUT2D eigenvalue weighted by molar-refractivity contribution is 6.32. The van der Waals surface area contributed by atoms with Gasteiger partial charge in [-0.15, -0.1) is 0 Å². The fourth-order valence-corrected chi connectivity index (χ4v) is 1.99. The van der Waals surface area contributed by atoms with Gasteiger partial charge in [-0.3, -0.25) is 9.48 Å². The monoisotopic (exact) mass is 362 g/mol. The Kier molecular flexibility index (Phi) is 5.96. The molecule has 0 atom stereocenters. The zero-order valence-electron chi connectivity index (χ0n) is 12.3. The van der Waals surface area contributed by atoms with Gasteiger partial charge in [0.05, 0.1) is 17.1 Å². The van der Waals surface area contributed by atoms with Crippen molar-refractivity contribution in [1.29, 1.82) is 0 Å². The molecule has 0 spiro atoms. The van der Waals surface area contributed by atoms with E-state index in [1.165, 1.54) is 17.3 Å². The van der Waals surface area contributed by atoms with E-state index in [0.29, 0.717) is 12.7 Å². The Labute approximate surface area is 140 Å². The number of halogens is 4. The normalized spacial score (nSPS) is 11.3. The quantitative estimate of drug-likeness (QED) is 0.736. The van der Waals surface area contributed by atoms with Crippen molar-refractivity contribution in [3.63, 3.8) is 0 Å². The highest BCUT2D eigenvalue weighted by Crippen LogP contribution is 2.32. The van der Waals surface area contributed by atoms with Gasteiger partial charge in [0.1, 0.15) is 18.5 Å². The van der Waals surface area contributed by atoms with E-state index in [-0.39, 0.29) is 36.3 Å². The van der Waals surface area contributed by atoms with Gasteiger partial charge in [-0.05, 0) is 6.07 Å². The van der Waals surface area contributed by atoms with Crippen molar-refractivity contribution in [3.8, 4) is 0 Å². The fraction of sp³-hybridized carbons (Fsp3) is 0.385. The second-order valence-corrected chi connectivity index (χ2v) is 5.14. The van der Waals surface area contributed by atoms with Gasteiger partial charge < -0.3 is 10.6 Å². The number of nitrogens with one attached hydrogen (secondary N) is 2. The summed E-state index contributed by atoms with van der Waals surface area (Å²) >= 11 is 5.76. The molecule has 0 saturated carbocycles. The molecule has 0 saturated heterocycles. The van der Waals surface area contributed by atoms with Crippen LogP contribution in [0.5, 0.6) is 0 Å². The number of anilines is 1. The maximum Gasteiger partial charge on any atom is 0.417 e. The third-order valence-electron chi connectivity index (χ3n) is 2.94. The van der Waals surface area contributed by atoms with Gasteiger partial charge in [-0.2, -0.15) is 18.3 Å². The molecule has 0 aliphatic carbocycles. The summed E-state index contributed by atoms with van der Waals surface area (Å²) < 4.78 is 39.0. The first-order valence-electron chi connectivity index (χ1n) is 6.92. The van der Waals surface area contributed by atoms with Crippen molar-refractivity contribution in [3.05, 3.63) is 35.5 Å². The largest absolute Gasteiger partial charge is 0.417 e. The number of alkyl halides is 3. The molecule has 11 heteroatoms. The molecule has 0 aromatic carbocycles. The summed E-state index contributed by atoms with van der Waals surface area (Å²) in [5.41, 5.74) is -0.917. The van der Waals surface area contributed by atoms with Gasteiger partial charge in [0.2, 0.25) is 5.91 Å². The molecule has 130 valence electrons. The van der Waals surface area contributed by atoms with E-state index in [1.54, 1.807) is 0 Å². The minimum absolute atomic E-state index is 0.126. The van der Waals surface area contributed by atoms with E-state index >= 15 is 0 Å². The van der Waals surface area contributed by atoms with Gasteiger partial charge in [0, 0.05) is 25.7 Å². The Morgan fingerprint density at radius 1 is 1.33 bits per heavy atom. The van der Waals surface area contributed by atoms with E-state index < -0.39 is 11.7 Å². The molecule has 2 N–H and O–H groups in total. The van der Waals surface area contributed by atoms with Crippen LogP contribution in [-0.4, -0.2) is 38.7 Å². The Hall–Kier alpha value is -2.36. The molecule has 2 aromatic heterocycles.